The van der Waals surface area contributed by atoms with Crippen LogP contribution in [-0.4, -0.2) is 35.3 Å². The van der Waals surface area contributed by atoms with Crippen molar-refractivity contribution in [3.63, 3.8) is 0 Å². The molecule has 7 heteroatoms. The van der Waals surface area contributed by atoms with Crippen molar-refractivity contribution >= 4 is 23.5 Å². The number of hydrogen-bond donors (Lipinski definition) is 1. The van der Waals surface area contributed by atoms with Gasteiger partial charge in [0.15, 0.2) is 0 Å². The van der Waals surface area contributed by atoms with Crippen molar-refractivity contribution < 1.29 is 14.3 Å². The van der Waals surface area contributed by atoms with Crippen molar-refractivity contribution in [3.8, 4) is 5.69 Å². The Morgan fingerprint density at radius 3 is 2.76 bits per heavy atom. The average Bonchev–Trinajstić information content (AvgIpc) is 2.86. The van der Waals surface area contributed by atoms with Gasteiger partial charge in [-0.15, -0.1) is 0 Å². The van der Waals surface area contributed by atoms with Crippen LogP contribution >= 0.6 is 11.6 Å². The molecule has 0 aliphatic carbocycles. The molecule has 0 saturated heterocycles. The molecule has 1 aromatic carbocycles. The Bertz CT molecular complexity index is 682. The molecule has 0 radical (unpaired) electrons. The number of amides is 1. The number of halogens is 1. The molecule has 1 heterocycles. The molecule has 110 valence electrons. The Labute approximate surface area is 126 Å². The summed E-state index contributed by atoms with van der Waals surface area (Å²) in [7, 11) is 1.26. The first-order valence-corrected chi connectivity index (χ1v) is 6.57. The zero-order valence-electron chi connectivity index (χ0n) is 11.6. The summed E-state index contributed by atoms with van der Waals surface area (Å²) in [4.78, 5) is 23.0. The molecular formula is C14H14ClN3O3. The number of carbonyl (C=O) groups is 2. The van der Waals surface area contributed by atoms with Crippen molar-refractivity contribution in [2.24, 2.45) is 0 Å². The van der Waals surface area contributed by atoms with Crippen LogP contribution in [0.25, 0.3) is 5.69 Å². The quantitative estimate of drug-likeness (QED) is 0.873. The predicted molar refractivity (Wildman–Crippen MR) is 77.7 cm³/mol. The van der Waals surface area contributed by atoms with E-state index in [1.807, 2.05) is 12.1 Å². The highest BCUT2D eigenvalue weighted by Gasteiger charge is 2.16. The summed E-state index contributed by atoms with van der Waals surface area (Å²) in [6.07, 6.45) is 1.44. The highest BCUT2D eigenvalue weighted by Crippen LogP contribution is 2.21. The van der Waals surface area contributed by atoms with E-state index in [-0.39, 0.29) is 6.54 Å². The van der Waals surface area contributed by atoms with Crippen LogP contribution in [-0.2, 0) is 9.53 Å². The third-order valence-electron chi connectivity index (χ3n) is 2.96. The molecule has 0 fully saturated rings. The number of aromatic nitrogens is 2. The second-order valence-corrected chi connectivity index (χ2v) is 4.67. The molecule has 1 amide bonds. The summed E-state index contributed by atoms with van der Waals surface area (Å²) in [6, 6.07) is 7.20. The molecule has 2 rings (SSSR count). The average molecular weight is 308 g/mol. The zero-order chi connectivity index (χ0) is 15.4. The minimum absolute atomic E-state index is 0.188. The third kappa shape index (κ3) is 3.22. The van der Waals surface area contributed by atoms with Gasteiger partial charge in [0.05, 0.1) is 35.3 Å². The molecule has 2 aromatic rings. The van der Waals surface area contributed by atoms with Crippen LogP contribution in [0.2, 0.25) is 5.02 Å². The van der Waals surface area contributed by atoms with Crippen molar-refractivity contribution in [2.45, 2.75) is 6.92 Å². The molecule has 0 aliphatic heterocycles. The van der Waals surface area contributed by atoms with Crippen LogP contribution in [0.4, 0.5) is 0 Å². The molecular weight excluding hydrogens is 294 g/mol. The number of carbonyl (C=O) groups excluding carboxylic acids is 2. The van der Waals surface area contributed by atoms with E-state index in [1.54, 1.807) is 23.7 Å². The van der Waals surface area contributed by atoms with Crippen LogP contribution in [0.3, 0.4) is 0 Å². The Balaban J connectivity index is 2.23. The monoisotopic (exact) mass is 307 g/mol. The Morgan fingerprint density at radius 1 is 1.38 bits per heavy atom. The topological polar surface area (TPSA) is 73.2 Å². The second kappa shape index (κ2) is 6.41. The number of nitrogens with one attached hydrogen (secondary N) is 1. The number of nitrogens with zero attached hydrogens (tertiary/aromatic N) is 2. The molecule has 1 aromatic heterocycles. The molecule has 0 spiro atoms. The minimum Gasteiger partial charge on any atom is -0.468 e. The smallest absolute Gasteiger partial charge is 0.325 e. The lowest BCUT2D eigenvalue weighted by Gasteiger charge is -2.07. The highest BCUT2D eigenvalue weighted by atomic mass is 35.5. The molecule has 0 atom stereocenters. The largest absolute Gasteiger partial charge is 0.468 e. The van der Waals surface area contributed by atoms with Gasteiger partial charge in [0.2, 0.25) is 0 Å². The molecule has 0 aliphatic rings. The molecule has 0 bridgehead atoms. The van der Waals surface area contributed by atoms with Gasteiger partial charge < -0.3 is 10.1 Å². The summed E-state index contributed by atoms with van der Waals surface area (Å²) >= 11 is 6.12. The van der Waals surface area contributed by atoms with Gasteiger partial charge in [-0.2, -0.15) is 5.10 Å². The summed E-state index contributed by atoms with van der Waals surface area (Å²) < 4.78 is 6.04. The molecule has 0 saturated carbocycles. The number of esters is 1. The number of benzene rings is 1. The van der Waals surface area contributed by atoms with E-state index in [2.05, 4.69) is 15.2 Å². The lowest BCUT2D eigenvalue weighted by atomic mass is 10.2. The fourth-order valence-corrected chi connectivity index (χ4v) is 2.03. The highest BCUT2D eigenvalue weighted by molar-refractivity contribution is 6.32. The number of hydrogen-bond acceptors (Lipinski definition) is 4. The number of methoxy groups -OCH3 is 1. The first kappa shape index (κ1) is 15.1. The summed E-state index contributed by atoms with van der Waals surface area (Å²) in [5.74, 6) is -0.907. The number of rotatable bonds is 4. The summed E-state index contributed by atoms with van der Waals surface area (Å²) in [6.45, 7) is 1.56. The molecule has 21 heavy (non-hydrogen) atoms. The van der Waals surface area contributed by atoms with Crippen LogP contribution < -0.4 is 5.32 Å². The van der Waals surface area contributed by atoms with Crippen LogP contribution in [0.15, 0.2) is 30.5 Å². The molecule has 1 N–H and O–H groups in total. The van der Waals surface area contributed by atoms with Crippen molar-refractivity contribution in [2.75, 3.05) is 13.7 Å². The van der Waals surface area contributed by atoms with E-state index in [0.717, 1.165) is 0 Å². The summed E-state index contributed by atoms with van der Waals surface area (Å²) in [5.41, 5.74) is 1.69. The van der Waals surface area contributed by atoms with Gasteiger partial charge in [0.1, 0.15) is 6.54 Å². The number of para-hydroxylation sites is 1. The fraction of sp³-hybridized carbons (Fsp3) is 0.214. The van der Waals surface area contributed by atoms with Crippen molar-refractivity contribution in [1.29, 1.82) is 0 Å². The van der Waals surface area contributed by atoms with Gasteiger partial charge >= 0.3 is 5.97 Å². The third-order valence-corrected chi connectivity index (χ3v) is 3.28. The summed E-state index contributed by atoms with van der Waals surface area (Å²) in [5, 5.41) is 7.17. The van der Waals surface area contributed by atoms with Gasteiger partial charge in [0.25, 0.3) is 5.91 Å². The van der Waals surface area contributed by atoms with Crippen LogP contribution in [0, 0.1) is 6.92 Å². The number of ether oxygens (including phenoxy) is 1. The lowest BCUT2D eigenvalue weighted by Crippen LogP contribution is -2.30. The SMILES string of the molecule is COC(=O)CNC(=O)c1cnn(-c2ccccc2Cl)c1C. The van der Waals surface area contributed by atoms with Gasteiger partial charge in [-0.25, -0.2) is 4.68 Å². The maximum atomic E-state index is 12.0. The van der Waals surface area contributed by atoms with E-state index in [0.29, 0.717) is 22.0 Å². The minimum atomic E-state index is -0.514. The first-order valence-electron chi connectivity index (χ1n) is 6.19. The van der Waals surface area contributed by atoms with E-state index in [4.69, 9.17) is 11.6 Å². The zero-order valence-corrected chi connectivity index (χ0v) is 12.3. The van der Waals surface area contributed by atoms with E-state index in [1.165, 1.54) is 13.3 Å². The lowest BCUT2D eigenvalue weighted by molar-refractivity contribution is -0.139. The van der Waals surface area contributed by atoms with Gasteiger partial charge in [-0.05, 0) is 19.1 Å². The normalized spacial score (nSPS) is 10.2. The maximum absolute atomic E-state index is 12.0. The Morgan fingerprint density at radius 2 is 2.10 bits per heavy atom. The second-order valence-electron chi connectivity index (χ2n) is 4.27. The van der Waals surface area contributed by atoms with E-state index in [9.17, 15) is 9.59 Å². The Kier molecular flexibility index (Phi) is 4.59. The standard InChI is InChI=1S/C14H14ClN3O3/c1-9-10(14(20)16-8-13(19)21-2)7-17-18(9)12-6-4-3-5-11(12)15/h3-7H,8H2,1-2H3,(H,16,20). The maximum Gasteiger partial charge on any atom is 0.325 e. The van der Waals surface area contributed by atoms with Crippen molar-refractivity contribution in [1.82, 2.24) is 15.1 Å². The first-order chi connectivity index (χ1) is 10.0. The van der Waals surface area contributed by atoms with Crippen molar-refractivity contribution in [3.05, 3.63) is 46.7 Å². The molecule has 6 nitrogen and oxygen atoms in total. The van der Waals surface area contributed by atoms with E-state index >= 15 is 0 Å². The molecule has 0 unspecified atom stereocenters. The van der Waals surface area contributed by atoms with Gasteiger partial charge in [-0.3, -0.25) is 9.59 Å². The van der Waals surface area contributed by atoms with Gasteiger partial charge in [0, 0.05) is 0 Å². The van der Waals surface area contributed by atoms with Crippen LogP contribution in [0.5, 0.6) is 0 Å². The van der Waals surface area contributed by atoms with E-state index < -0.39 is 11.9 Å². The van der Waals surface area contributed by atoms with Crippen LogP contribution in [0.1, 0.15) is 16.1 Å². The fourth-order valence-electron chi connectivity index (χ4n) is 1.82. The van der Waals surface area contributed by atoms with Gasteiger partial charge in [-0.1, -0.05) is 23.7 Å². The Hall–Kier alpha value is -2.34. The predicted octanol–water partition coefficient (Wildman–Crippen LogP) is 1.74.